The van der Waals surface area contributed by atoms with Gasteiger partial charge in [-0.2, -0.15) is 0 Å². The average Bonchev–Trinajstić information content (AvgIpc) is 2.50. The van der Waals surface area contributed by atoms with Crippen molar-refractivity contribution in [2.45, 2.75) is 11.5 Å². The van der Waals surface area contributed by atoms with E-state index in [1.807, 2.05) is 18.2 Å². The lowest BCUT2D eigenvalue weighted by atomic mass is 9.79. The van der Waals surface area contributed by atoms with E-state index in [1.165, 1.54) is 11.8 Å². The Hall–Kier alpha value is -0.485. The minimum Gasteiger partial charge on any atom is -0.423 e. The van der Waals surface area contributed by atoms with Gasteiger partial charge in [0.15, 0.2) is 0 Å². The largest absolute Gasteiger partial charge is 0.492 e. The van der Waals surface area contributed by atoms with Crippen molar-refractivity contribution in [1.29, 1.82) is 0 Å². The van der Waals surface area contributed by atoms with Gasteiger partial charge in [0.2, 0.25) is 0 Å². The van der Waals surface area contributed by atoms with Crippen LogP contribution in [0.5, 0.6) is 0 Å². The highest BCUT2D eigenvalue weighted by molar-refractivity contribution is 7.99. The van der Waals surface area contributed by atoms with Gasteiger partial charge in [0.1, 0.15) is 0 Å². The minimum atomic E-state index is -0.773. The number of hydrogen-bond donors (Lipinski definition) is 2. The van der Waals surface area contributed by atoms with E-state index in [0.29, 0.717) is 12.5 Å². The maximum atomic E-state index is 9.51. The Labute approximate surface area is 81.4 Å². The van der Waals surface area contributed by atoms with Gasteiger partial charge >= 0.3 is 7.12 Å². The molecular weight excluding hydrogens is 185 g/mol. The van der Waals surface area contributed by atoms with Gasteiger partial charge < -0.3 is 15.4 Å². The summed E-state index contributed by atoms with van der Waals surface area (Å²) in [7, 11) is -0.773. The Balaban J connectivity index is 2.41. The Bertz CT molecular complexity index is 321. The third-order valence-electron chi connectivity index (χ3n) is 2.04. The first-order chi connectivity index (χ1) is 6.33. The summed E-state index contributed by atoms with van der Waals surface area (Å²) in [6.07, 6.45) is 0. The van der Waals surface area contributed by atoms with Crippen molar-refractivity contribution in [3.05, 3.63) is 23.8 Å². The van der Waals surface area contributed by atoms with Crippen LogP contribution in [0.2, 0.25) is 0 Å². The number of rotatable bonds is 2. The zero-order valence-electron chi connectivity index (χ0n) is 7.06. The van der Waals surface area contributed by atoms with Crippen LogP contribution in [-0.2, 0) is 11.3 Å². The highest BCUT2D eigenvalue weighted by Crippen LogP contribution is 2.20. The Morgan fingerprint density at radius 1 is 1.62 bits per heavy atom. The molecule has 0 atom stereocenters. The second-order valence-electron chi connectivity index (χ2n) is 2.80. The van der Waals surface area contributed by atoms with E-state index in [-0.39, 0.29) is 0 Å². The fourth-order valence-electron chi connectivity index (χ4n) is 1.46. The van der Waals surface area contributed by atoms with Crippen LogP contribution >= 0.6 is 11.8 Å². The Morgan fingerprint density at radius 3 is 3.23 bits per heavy atom. The third-order valence-corrected chi connectivity index (χ3v) is 2.87. The lowest BCUT2D eigenvalue weighted by Gasteiger charge is -2.05. The molecule has 0 aromatic heterocycles. The van der Waals surface area contributed by atoms with Crippen molar-refractivity contribution in [2.75, 3.05) is 5.88 Å². The molecule has 2 rings (SSSR count). The fraction of sp³-hybridized carbons (Fsp3) is 0.250. The van der Waals surface area contributed by atoms with E-state index >= 15 is 0 Å². The summed E-state index contributed by atoms with van der Waals surface area (Å²) in [6, 6.07) is 5.87. The van der Waals surface area contributed by atoms with Crippen LogP contribution < -0.4 is 11.2 Å². The number of benzene rings is 1. The standard InChI is InChI=1S/C8H10BNO2S/c10-5-13-7-3-1-2-6-4-12-9(11)8(6)7/h1-3,11H,4-5,10H2. The average molecular weight is 195 g/mol. The van der Waals surface area contributed by atoms with E-state index in [9.17, 15) is 5.02 Å². The summed E-state index contributed by atoms with van der Waals surface area (Å²) < 4.78 is 5.11. The van der Waals surface area contributed by atoms with Crippen LogP contribution in [-0.4, -0.2) is 18.0 Å². The van der Waals surface area contributed by atoms with Crippen LogP contribution in [0.1, 0.15) is 5.56 Å². The van der Waals surface area contributed by atoms with Gasteiger partial charge in [-0.3, -0.25) is 0 Å². The van der Waals surface area contributed by atoms with Gasteiger partial charge in [-0.05, 0) is 11.6 Å². The molecule has 0 saturated heterocycles. The molecule has 0 saturated carbocycles. The topological polar surface area (TPSA) is 55.5 Å². The molecule has 0 amide bonds. The predicted molar refractivity (Wildman–Crippen MR) is 53.7 cm³/mol. The van der Waals surface area contributed by atoms with Gasteiger partial charge in [-0.25, -0.2) is 0 Å². The number of nitrogens with two attached hydrogens (primary N) is 1. The van der Waals surface area contributed by atoms with Crippen molar-refractivity contribution >= 4 is 24.3 Å². The van der Waals surface area contributed by atoms with Gasteiger partial charge in [0.25, 0.3) is 0 Å². The smallest absolute Gasteiger partial charge is 0.423 e. The molecule has 3 nitrogen and oxygen atoms in total. The molecule has 1 aliphatic rings. The summed E-state index contributed by atoms with van der Waals surface area (Å²) >= 11 is 1.52. The number of thioether (sulfide) groups is 1. The van der Waals surface area contributed by atoms with Crippen molar-refractivity contribution in [1.82, 2.24) is 0 Å². The quantitative estimate of drug-likeness (QED) is 0.393. The molecule has 13 heavy (non-hydrogen) atoms. The molecule has 0 radical (unpaired) electrons. The molecule has 68 valence electrons. The Morgan fingerprint density at radius 2 is 2.46 bits per heavy atom. The van der Waals surface area contributed by atoms with Gasteiger partial charge in [0, 0.05) is 16.2 Å². The Kier molecular flexibility index (Phi) is 2.60. The summed E-state index contributed by atoms with van der Waals surface area (Å²) in [4.78, 5) is 1.02. The van der Waals surface area contributed by atoms with Gasteiger partial charge in [-0.15, -0.1) is 11.8 Å². The van der Waals surface area contributed by atoms with E-state index in [2.05, 4.69) is 0 Å². The molecule has 1 heterocycles. The first kappa shape index (κ1) is 9.08. The third kappa shape index (κ3) is 1.60. The maximum absolute atomic E-state index is 9.51. The minimum absolute atomic E-state index is 0.496. The predicted octanol–water partition coefficient (Wildman–Crippen LogP) is -0.0874. The van der Waals surface area contributed by atoms with Crippen LogP contribution in [0.25, 0.3) is 0 Å². The normalized spacial score (nSPS) is 14.8. The van der Waals surface area contributed by atoms with Crippen LogP contribution in [0, 0.1) is 0 Å². The van der Waals surface area contributed by atoms with E-state index in [4.69, 9.17) is 10.4 Å². The number of hydrogen-bond acceptors (Lipinski definition) is 4. The first-order valence-corrected chi connectivity index (χ1v) is 5.06. The molecule has 0 spiro atoms. The van der Waals surface area contributed by atoms with Gasteiger partial charge in [0.05, 0.1) is 6.61 Å². The molecule has 1 aromatic carbocycles. The second kappa shape index (κ2) is 3.71. The molecule has 3 N–H and O–H groups in total. The SMILES string of the molecule is NCSc1cccc2c1B(O)OC2. The summed E-state index contributed by atoms with van der Waals surface area (Å²) in [5.41, 5.74) is 7.39. The first-order valence-electron chi connectivity index (χ1n) is 4.07. The molecule has 0 fully saturated rings. The zero-order chi connectivity index (χ0) is 9.26. The molecule has 1 aromatic rings. The summed E-state index contributed by atoms with van der Waals surface area (Å²) in [5.74, 6) is 0.517. The molecule has 0 aliphatic carbocycles. The van der Waals surface area contributed by atoms with Crippen molar-refractivity contribution in [3.8, 4) is 0 Å². The summed E-state index contributed by atoms with van der Waals surface area (Å²) in [5, 5.41) is 9.51. The molecule has 0 unspecified atom stereocenters. The van der Waals surface area contributed by atoms with Crippen molar-refractivity contribution in [2.24, 2.45) is 5.73 Å². The molecule has 1 aliphatic heterocycles. The lowest BCUT2D eigenvalue weighted by Crippen LogP contribution is -2.30. The highest BCUT2D eigenvalue weighted by atomic mass is 32.2. The van der Waals surface area contributed by atoms with Crippen molar-refractivity contribution < 1.29 is 9.68 Å². The summed E-state index contributed by atoms with van der Waals surface area (Å²) in [6.45, 7) is 0.496. The lowest BCUT2D eigenvalue weighted by molar-refractivity contribution is 0.275. The van der Waals surface area contributed by atoms with Crippen LogP contribution in [0.15, 0.2) is 23.1 Å². The number of fused-ring (bicyclic) bond motifs is 1. The second-order valence-corrected chi connectivity index (χ2v) is 3.87. The molecule has 0 bridgehead atoms. The van der Waals surface area contributed by atoms with E-state index in [0.717, 1.165) is 15.9 Å². The van der Waals surface area contributed by atoms with Gasteiger partial charge in [-0.1, -0.05) is 12.1 Å². The maximum Gasteiger partial charge on any atom is 0.492 e. The molecular formula is C8H10BNO2S. The monoisotopic (exact) mass is 195 g/mol. The van der Waals surface area contributed by atoms with Crippen molar-refractivity contribution in [3.63, 3.8) is 0 Å². The van der Waals surface area contributed by atoms with Crippen LogP contribution in [0.3, 0.4) is 0 Å². The van der Waals surface area contributed by atoms with Crippen LogP contribution in [0.4, 0.5) is 0 Å². The zero-order valence-corrected chi connectivity index (χ0v) is 7.88. The fourth-order valence-corrected chi connectivity index (χ4v) is 2.21. The molecule has 5 heteroatoms. The highest BCUT2D eigenvalue weighted by Gasteiger charge is 2.29. The van der Waals surface area contributed by atoms with E-state index < -0.39 is 7.12 Å². The van der Waals surface area contributed by atoms with E-state index in [1.54, 1.807) is 0 Å².